The van der Waals surface area contributed by atoms with Crippen molar-refractivity contribution < 1.29 is 13.7 Å². The summed E-state index contributed by atoms with van der Waals surface area (Å²) in [6.45, 7) is 1.87. The number of quaternary nitrogens is 1. The van der Waals surface area contributed by atoms with Crippen molar-refractivity contribution in [1.82, 2.24) is 9.78 Å². The van der Waals surface area contributed by atoms with Crippen molar-refractivity contribution in [1.29, 1.82) is 0 Å². The van der Waals surface area contributed by atoms with Crippen molar-refractivity contribution in [3.63, 3.8) is 0 Å². The lowest BCUT2D eigenvalue weighted by atomic mass is 9.96. The number of furan rings is 1. The first-order chi connectivity index (χ1) is 11.8. The van der Waals surface area contributed by atoms with E-state index in [1.54, 1.807) is 21.6 Å². The predicted molar refractivity (Wildman–Crippen MR) is 92.3 cm³/mol. The van der Waals surface area contributed by atoms with Gasteiger partial charge in [0, 0.05) is 22.8 Å². The smallest absolute Gasteiger partial charge is 0.292 e. The Morgan fingerprint density at radius 2 is 2.29 bits per heavy atom. The molecule has 1 aliphatic heterocycles. The zero-order chi connectivity index (χ0) is 16.1. The molecule has 4 heterocycles. The Labute approximate surface area is 148 Å². The van der Waals surface area contributed by atoms with Crippen LogP contribution in [0.4, 0.5) is 0 Å². The van der Waals surface area contributed by atoms with Gasteiger partial charge >= 0.3 is 0 Å². The first-order valence-corrected chi connectivity index (χ1v) is 9.61. The van der Waals surface area contributed by atoms with Gasteiger partial charge in [0.1, 0.15) is 6.04 Å². The predicted octanol–water partition coefficient (Wildman–Crippen LogP) is 3.08. The molecule has 24 heavy (non-hydrogen) atoms. The molecule has 1 unspecified atom stereocenters. The van der Waals surface area contributed by atoms with E-state index in [0.717, 1.165) is 25.6 Å². The van der Waals surface area contributed by atoms with Crippen molar-refractivity contribution in [2.75, 3.05) is 6.54 Å². The van der Waals surface area contributed by atoms with Crippen LogP contribution in [0.3, 0.4) is 0 Å². The molecule has 0 saturated heterocycles. The number of fused-ring (bicyclic) bond motifs is 1. The summed E-state index contributed by atoms with van der Waals surface area (Å²) < 4.78 is 12.8. The molecule has 0 bridgehead atoms. The Bertz CT molecular complexity index is 905. The van der Waals surface area contributed by atoms with Gasteiger partial charge in [-0.3, -0.25) is 0 Å². The third-order valence-corrected chi connectivity index (χ3v) is 6.30. The second kappa shape index (κ2) is 5.68. The fourth-order valence-corrected chi connectivity index (χ4v) is 4.89. The monoisotopic (exact) mass is 360 g/mol. The largest absolute Gasteiger partial charge is 0.459 e. The van der Waals surface area contributed by atoms with Crippen molar-refractivity contribution in [3.8, 4) is 11.7 Å². The van der Waals surface area contributed by atoms with Gasteiger partial charge in [0.2, 0.25) is 0 Å². The minimum atomic E-state index is 0.416. The van der Waals surface area contributed by atoms with Crippen molar-refractivity contribution in [2.45, 2.75) is 32.0 Å². The van der Waals surface area contributed by atoms with Crippen LogP contribution in [0.1, 0.15) is 29.3 Å². The standard InChI is InChI=1S/C17H17N3O2S2/c23-17-20(18-16(22-17)13-2-1-8-21-13)10-19-7-5-14-12(6-9-24-14)15(19)11-3-4-11/h1-2,6,8-9,11,15H,3-5,7,10H2/p+1/t15-/m1/s1. The van der Waals surface area contributed by atoms with E-state index in [1.807, 2.05) is 28.2 Å². The van der Waals surface area contributed by atoms with E-state index in [1.165, 1.54) is 12.8 Å². The highest BCUT2D eigenvalue weighted by atomic mass is 32.1. The molecule has 1 saturated carbocycles. The minimum absolute atomic E-state index is 0.416. The number of aromatic nitrogens is 2. The molecule has 3 aromatic rings. The highest BCUT2D eigenvalue weighted by molar-refractivity contribution is 7.71. The zero-order valence-electron chi connectivity index (χ0n) is 13.1. The van der Waals surface area contributed by atoms with E-state index in [4.69, 9.17) is 21.1 Å². The van der Waals surface area contributed by atoms with Gasteiger partial charge in [0.15, 0.2) is 12.4 Å². The lowest BCUT2D eigenvalue weighted by Gasteiger charge is -2.32. The number of thiophene rings is 1. The Hall–Kier alpha value is -1.70. The first kappa shape index (κ1) is 14.6. The SMILES string of the molecule is S=c1oc(-c2ccco2)nn1C[NH+]1CCc2sccc2[C@H]1C1CC1. The van der Waals surface area contributed by atoms with E-state index in [-0.39, 0.29) is 0 Å². The molecule has 0 aromatic carbocycles. The third kappa shape index (κ3) is 2.47. The topological polar surface area (TPSA) is 48.5 Å². The molecule has 2 aliphatic rings. The maximum absolute atomic E-state index is 5.63. The van der Waals surface area contributed by atoms with Crippen LogP contribution in [-0.4, -0.2) is 16.3 Å². The summed E-state index contributed by atoms with van der Waals surface area (Å²) in [6, 6.07) is 6.55. The van der Waals surface area contributed by atoms with Gasteiger partial charge in [-0.1, -0.05) is 0 Å². The molecule has 7 heteroatoms. The first-order valence-electron chi connectivity index (χ1n) is 8.32. The van der Waals surface area contributed by atoms with Crippen LogP contribution < -0.4 is 4.90 Å². The molecule has 1 N–H and O–H groups in total. The maximum Gasteiger partial charge on any atom is 0.292 e. The van der Waals surface area contributed by atoms with E-state index in [2.05, 4.69) is 16.5 Å². The van der Waals surface area contributed by atoms with Crippen molar-refractivity contribution in [3.05, 3.63) is 45.1 Å². The summed E-state index contributed by atoms with van der Waals surface area (Å²) >= 11 is 7.28. The Balaban J connectivity index is 1.44. The molecule has 1 fully saturated rings. The van der Waals surface area contributed by atoms with Gasteiger partial charge < -0.3 is 13.7 Å². The third-order valence-electron chi connectivity index (χ3n) is 5.01. The molecule has 2 atom stereocenters. The van der Waals surface area contributed by atoms with E-state index >= 15 is 0 Å². The van der Waals surface area contributed by atoms with E-state index in [0.29, 0.717) is 22.5 Å². The Morgan fingerprint density at radius 1 is 1.38 bits per heavy atom. The normalized spacial score (nSPS) is 23.3. The van der Waals surface area contributed by atoms with Gasteiger partial charge in [0.05, 0.1) is 12.8 Å². The summed E-state index contributed by atoms with van der Waals surface area (Å²) in [7, 11) is 0. The van der Waals surface area contributed by atoms with Crippen LogP contribution in [0.2, 0.25) is 0 Å². The summed E-state index contributed by atoms with van der Waals surface area (Å²) in [4.78, 5) is 3.52. The highest BCUT2D eigenvalue weighted by Gasteiger charge is 2.43. The molecule has 1 aliphatic carbocycles. The number of nitrogens with zero attached hydrogens (tertiary/aromatic N) is 2. The number of nitrogens with one attached hydrogen (secondary N) is 1. The quantitative estimate of drug-likeness (QED) is 0.727. The van der Waals surface area contributed by atoms with Crippen molar-refractivity contribution in [2.24, 2.45) is 5.92 Å². The average Bonchev–Trinajstić information content (AvgIpc) is 3.00. The van der Waals surface area contributed by atoms with Crippen molar-refractivity contribution >= 4 is 23.6 Å². The molecule has 5 rings (SSSR count). The number of hydrogen-bond donors (Lipinski definition) is 1. The van der Waals surface area contributed by atoms with Gasteiger partial charge in [-0.2, -0.15) is 4.68 Å². The minimum Gasteiger partial charge on any atom is -0.459 e. The summed E-state index contributed by atoms with van der Waals surface area (Å²) in [5, 5.41) is 6.77. The lowest BCUT2D eigenvalue weighted by Crippen LogP contribution is -3.13. The number of hydrogen-bond acceptors (Lipinski definition) is 5. The Morgan fingerprint density at radius 3 is 3.08 bits per heavy atom. The number of rotatable bonds is 4. The molecular formula is C17H18N3O2S2+. The zero-order valence-corrected chi connectivity index (χ0v) is 14.7. The van der Waals surface area contributed by atoms with Gasteiger partial charge in [-0.25, -0.2) is 0 Å². The lowest BCUT2D eigenvalue weighted by molar-refractivity contribution is -0.958. The second-order valence-corrected chi connectivity index (χ2v) is 7.93. The maximum atomic E-state index is 5.63. The van der Waals surface area contributed by atoms with Crippen LogP contribution in [0.25, 0.3) is 11.7 Å². The average molecular weight is 360 g/mol. The van der Waals surface area contributed by atoms with Crippen LogP contribution in [0, 0.1) is 10.8 Å². The van der Waals surface area contributed by atoms with Crippen LogP contribution in [-0.2, 0) is 13.1 Å². The van der Waals surface area contributed by atoms with Gasteiger partial charge in [-0.05, 0) is 48.6 Å². The van der Waals surface area contributed by atoms with Crippen LogP contribution >= 0.6 is 23.6 Å². The molecule has 124 valence electrons. The summed E-state index contributed by atoms with van der Waals surface area (Å²) in [5.74, 6) is 1.88. The summed E-state index contributed by atoms with van der Waals surface area (Å²) in [5.41, 5.74) is 1.55. The molecule has 0 amide bonds. The fraction of sp³-hybridized carbons (Fsp3) is 0.412. The molecular weight excluding hydrogens is 342 g/mol. The fourth-order valence-electron chi connectivity index (χ4n) is 3.77. The van der Waals surface area contributed by atoms with Crippen LogP contribution in [0.15, 0.2) is 38.7 Å². The van der Waals surface area contributed by atoms with Crippen LogP contribution in [0.5, 0.6) is 0 Å². The van der Waals surface area contributed by atoms with Gasteiger partial charge in [-0.15, -0.1) is 16.4 Å². The second-order valence-electron chi connectivity index (χ2n) is 6.58. The molecule has 5 nitrogen and oxygen atoms in total. The summed E-state index contributed by atoms with van der Waals surface area (Å²) in [6.07, 6.45) is 5.43. The molecule has 3 aromatic heterocycles. The van der Waals surface area contributed by atoms with E-state index < -0.39 is 0 Å². The van der Waals surface area contributed by atoms with Gasteiger partial charge in [0.25, 0.3) is 10.7 Å². The van der Waals surface area contributed by atoms with E-state index in [9.17, 15) is 0 Å². The Kier molecular flexibility index (Phi) is 3.46. The molecule has 0 spiro atoms. The highest BCUT2D eigenvalue weighted by Crippen LogP contribution is 2.42. The molecule has 0 radical (unpaired) electrons.